The molecule has 0 bridgehead atoms. The van der Waals surface area contributed by atoms with Gasteiger partial charge in [0, 0.05) is 25.1 Å². The van der Waals surface area contributed by atoms with Gasteiger partial charge >= 0.3 is 0 Å². The highest BCUT2D eigenvalue weighted by atomic mass is 16.5. The zero-order valence-corrected chi connectivity index (χ0v) is 16.2. The third-order valence-electron chi connectivity index (χ3n) is 5.20. The highest BCUT2D eigenvalue weighted by molar-refractivity contribution is 5.98. The topological polar surface area (TPSA) is 88.5 Å². The van der Waals surface area contributed by atoms with Gasteiger partial charge < -0.3 is 29.3 Å². The van der Waals surface area contributed by atoms with E-state index in [9.17, 15) is 15.0 Å². The molecule has 150 valence electrons. The Balaban J connectivity index is 1.85. The standard InChI is InChI=1S/C21H25NO6/c1-26-16-12-18(28-3)17(27-2)11-15(16)20(24)22-10-9-21(25,19(23)13-22)14-7-5-4-6-8-14/h4-8,11-12,19,23,25H,9-10,13H2,1-3H3/t19-,21-/m0/s1. The molecule has 0 saturated carbocycles. The molecule has 2 atom stereocenters. The normalized spacial score (nSPS) is 21.9. The summed E-state index contributed by atoms with van der Waals surface area (Å²) in [5, 5.41) is 21.6. The Labute approximate surface area is 164 Å². The molecule has 1 amide bonds. The second kappa shape index (κ2) is 8.08. The van der Waals surface area contributed by atoms with Gasteiger partial charge in [0.15, 0.2) is 11.5 Å². The SMILES string of the molecule is COc1cc(OC)c(C(=O)N2CC[C@](O)(c3ccccc3)[C@@H](O)C2)cc1OC. The molecule has 0 aromatic heterocycles. The van der Waals surface area contributed by atoms with Gasteiger partial charge in [-0.2, -0.15) is 0 Å². The first-order chi connectivity index (χ1) is 13.4. The number of benzene rings is 2. The van der Waals surface area contributed by atoms with Crippen molar-refractivity contribution in [3.05, 3.63) is 53.6 Å². The van der Waals surface area contributed by atoms with E-state index in [0.717, 1.165) is 0 Å². The number of ether oxygens (including phenoxy) is 3. The molecule has 7 nitrogen and oxygen atoms in total. The minimum atomic E-state index is -1.39. The molecule has 2 N–H and O–H groups in total. The lowest BCUT2D eigenvalue weighted by Crippen LogP contribution is -2.55. The van der Waals surface area contributed by atoms with Gasteiger partial charge in [0.1, 0.15) is 17.5 Å². The fourth-order valence-corrected chi connectivity index (χ4v) is 3.54. The minimum Gasteiger partial charge on any atom is -0.496 e. The fourth-order valence-electron chi connectivity index (χ4n) is 3.54. The summed E-state index contributed by atoms with van der Waals surface area (Å²) in [5.74, 6) is 0.894. The molecule has 0 aliphatic carbocycles. The van der Waals surface area contributed by atoms with Crippen molar-refractivity contribution >= 4 is 5.91 Å². The maximum Gasteiger partial charge on any atom is 0.257 e. The van der Waals surface area contributed by atoms with Crippen molar-refractivity contribution in [2.24, 2.45) is 0 Å². The number of rotatable bonds is 5. The lowest BCUT2D eigenvalue weighted by Gasteiger charge is -2.42. The summed E-state index contributed by atoms with van der Waals surface area (Å²) in [6.07, 6.45) is -0.891. The number of amides is 1. The van der Waals surface area contributed by atoms with Crippen LogP contribution < -0.4 is 14.2 Å². The molecule has 0 unspecified atom stereocenters. The Bertz CT molecular complexity index is 840. The zero-order chi connectivity index (χ0) is 20.3. The maximum atomic E-state index is 13.1. The van der Waals surface area contributed by atoms with Crippen LogP contribution in [0.25, 0.3) is 0 Å². The molecule has 1 saturated heterocycles. The molecule has 1 heterocycles. The van der Waals surface area contributed by atoms with Crippen LogP contribution in [0.15, 0.2) is 42.5 Å². The predicted octanol–water partition coefficient (Wildman–Crippen LogP) is 1.81. The van der Waals surface area contributed by atoms with Crippen LogP contribution in [-0.2, 0) is 5.60 Å². The Morgan fingerprint density at radius 2 is 1.64 bits per heavy atom. The number of hydrogen-bond acceptors (Lipinski definition) is 6. The second-order valence-corrected chi connectivity index (χ2v) is 6.71. The summed E-state index contributed by atoms with van der Waals surface area (Å²) < 4.78 is 15.9. The smallest absolute Gasteiger partial charge is 0.257 e. The van der Waals surface area contributed by atoms with Crippen molar-refractivity contribution in [2.45, 2.75) is 18.1 Å². The molecular weight excluding hydrogens is 362 g/mol. The Hall–Kier alpha value is -2.77. The average Bonchev–Trinajstić information content (AvgIpc) is 2.74. The lowest BCUT2D eigenvalue weighted by molar-refractivity contribution is -0.118. The molecular formula is C21H25NO6. The molecule has 0 radical (unpaired) electrons. The zero-order valence-electron chi connectivity index (χ0n) is 16.2. The van der Waals surface area contributed by atoms with E-state index in [1.165, 1.54) is 26.2 Å². The van der Waals surface area contributed by atoms with Crippen LogP contribution in [-0.4, -0.2) is 61.5 Å². The average molecular weight is 387 g/mol. The van der Waals surface area contributed by atoms with Gasteiger partial charge in [-0.25, -0.2) is 0 Å². The molecule has 7 heteroatoms. The molecule has 2 aromatic carbocycles. The first-order valence-electron chi connectivity index (χ1n) is 8.99. The predicted molar refractivity (Wildman–Crippen MR) is 103 cm³/mol. The van der Waals surface area contributed by atoms with Gasteiger partial charge in [0.05, 0.1) is 33.4 Å². The van der Waals surface area contributed by atoms with Gasteiger partial charge in [0.2, 0.25) is 0 Å². The first-order valence-corrected chi connectivity index (χ1v) is 8.99. The van der Waals surface area contributed by atoms with E-state index in [0.29, 0.717) is 34.9 Å². The molecule has 1 aliphatic rings. The number of carbonyl (C=O) groups excluding carboxylic acids is 1. The third kappa shape index (κ3) is 3.50. The Morgan fingerprint density at radius 1 is 1.04 bits per heavy atom. The summed E-state index contributed by atoms with van der Waals surface area (Å²) in [5.41, 5.74) is -0.449. The van der Waals surface area contributed by atoms with E-state index in [4.69, 9.17) is 14.2 Å². The van der Waals surface area contributed by atoms with Crippen LogP contribution in [0.3, 0.4) is 0 Å². The first kappa shape index (κ1) is 20.0. The third-order valence-corrected chi connectivity index (χ3v) is 5.20. The van der Waals surface area contributed by atoms with Crippen LogP contribution in [0, 0.1) is 0 Å². The molecule has 1 fully saturated rings. The van der Waals surface area contributed by atoms with E-state index in [2.05, 4.69) is 0 Å². The summed E-state index contributed by atoms with van der Waals surface area (Å²) in [7, 11) is 4.46. The molecule has 3 rings (SSSR count). The Kier molecular flexibility index (Phi) is 5.76. The minimum absolute atomic E-state index is 0.00171. The van der Waals surface area contributed by atoms with Crippen molar-refractivity contribution in [3.63, 3.8) is 0 Å². The number of aliphatic hydroxyl groups is 2. The van der Waals surface area contributed by atoms with Crippen molar-refractivity contribution in [3.8, 4) is 17.2 Å². The molecule has 0 spiro atoms. The van der Waals surface area contributed by atoms with E-state index in [1.807, 2.05) is 18.2 Å². The van der Waals surface area contributed by atoms with Crippen LogP contribution in [0.2, 0.25) is 0 Å². The highest BCUT2D eigenvalue weighted by Crippen LogP contribution is 2.37. The van der Waals surface area contributed by atoms with Crippen LogP contribution in [0.1, 0.15) is 22.3 Å². The van der Waals surface area contributed by atoms with Gasteiger partial charge in [-0.1, -0.05) is 30.3 Å². The number of likely N-dealkylation sites (tertiary alicyclic amines) is 1. The van der Waals surface area contributed by atoms with E-state index in [1.54, 1.807) is 24.3 Å². The summed E-state index contributed by atoms with van der Waals surface area (Å²) in [6.45, 7) is 0.292. The van der Waals surface area contributed by atoms with Crippen LogP contribution in [0.5, 0.6) is 17.2 Å². The number of carbonyl (C=O) groups is 1. The number of nitrogens with zero attached hydrogens (tertiary/aromatic N) is 1. The van der Waals surface area contributed by atoms with Gasteiger partial charge in [-0.15, -0.1) is 0 Å². The number of piperidine rings is 1. The fraction of sp³-hybridized carbons (Fsp3) is 0.381. The van der Waals surface area contributed by atoms with Gasteiger partial charge in [-0.3, -0.25) is 4.79 Å². The monoisotopic (exact) mass is 387 g/mol. The van der Waals surface area contributed by atoms with E-state index >= 15 is 0 Å². The maximum absolute atomic E-state index is 13.1. The molecule has 1 aliphatic heterocycles. The number of methoxy groups -OCH3 is 3. The van der Waals surface area contributed by atoms with Crippen LogP contribution in [0.4, 0.5) is 0 Å². The number of β-amino-alcohol motifs (C(OH)–C–C–N with tert-alkyl or cyclic N) is 1. The van der Waals surface area contributed by atoms with E-state index in [-0.39, 0.29) is 18.9 Å². The summed E-state index contributed by atoms with van der Waals surface area (Å²) in [4.78, 5) is 14.6. The second-order valence-electron chi connectivity index (χ2n) is 6.71. The Morgan fingerprint density at radius 3 is 2.21 bits per heavy atom. The van der Waals surface area contributed by atoms with Crippen molar-refractivity contribution < 1.29 is 29.2 Å². The molecule has 2 aromatic rings. The number of hydrogen-bond donors (Lipinski definition) is 2. The lowest BCUT2D eigenvalue weighted by atomic mass is 9.82. The molecule has 28 heavy (non-hydrogen) atoms. The summed E-state index contributed by atoms with van der Waals surface area (Å²) >= 11 is 0. The quantitative estimate of drug-likeness (QED) is 0.814. The van der Waals surface area contributed by atoms with Gasteiger partial charge in [-0.05, 0) is 5.56 Å². The van der Waals surface area contributed by atoms with Crippen molar-refractivity contribution in [1.82, 2.24) is 4.90 Å². The summed E-state index contributed by atoms with van der Waals surface area (Å²) in [6, 6.07) is 12.2. The van der Waals surface area contributed by atoms with Crippen molar-refractivity contribution in [2.75, 3.05) is 34.4 Å². The largest absolute Gasteiger partial charge is 0.496 e. The van der Waals surface area contributed by atoms with Crippen molar-refractivity contribution in [1.29, 1.82) is 0 Å². The number of aliphatic hydroxyl groups excluding tert-OH is 1. The van der Waals surface area contributed by atoms with E-state index < -0.39 is 11.7 Å². The highest BCUT2D eigenvalue weighted by Gasteiger charge is 2.43. The van der Waals surface area contributed by atoms with Crippen LogP contribution >= 0.6 is 0 Å². The van der Waals surface area contributed by atoms with Gasteiger partial charge in [0.25, 0.3) is 5.91 Å².